The van der Waals surface area contributed by atoms with E-state index in [-0.39, 0.29) is 0 Å². The topological polar surface area (TPSA) is 44.8 Å². The Bertz CT molecular complexity index is 615. The van der Waals surface area contributed by atoms with Gasteiger partial charge in [0.25, 0.3) is 0 Å². The van der Waals surface area contributed by atoms with E-state index in [0.29, 0.717) is 29.4 Å². The smallest absolute Gasteiger partial charge is 0.203 e. The molecule has 2 aromatic carbocycles. The minimum atomic E-state index is 0.368. The number of aldehydes is 1. The molecule has 5 heteroatoms. The quantitative estimate of drug-likeness (QED) is 0.742. The van der Waals surface area contributed by atoms with Gasteiger partial charge in [-0.15, -0.1) is 0 Å². The highest BCUT2D eigenvalue weighted by atomic mass is 79.9. The summed E-state index contributed by atoms with van der Waals surface area (Å²) in [5, 5.41) is 0. The molecule has 0 atom stereocenters. The molecular formula is C16H15BrO4. The number of hydrogen-bond acceptors (Lipinski definition) is 4. The lowest BCUT2D eigenvalue weighted by molar-refractivity contribution is 0.112. The molecule has 2 rings (SSSR count). The van der Waals surface area contributed by atoms with Crippen molar-refractivity contribution in [2.45, 2.75) is 6.61 Å². The van der Waals surface area contributed by atoms with Crippen LogP contribution in [0.1, 0.15) is 15.9 Å². The summed E-state index contributed by atoms with van der Waals surface area (Å²) in [6, 6.07) is 11.1. The Kier molecular flexibility index (Phi) is 5.22. The van der Waals surface area contributed by atoms with E-state index < -0.39 is 0 Å². The zero-order chi connectivity index (χ0) is 15.2. The summed E-state index contributed by atoms with van der Waals surface area (Å²) in [6.07, 6.45) is 0.739. The van der Waals surface area contributed by atoms with Crippen molar-refractivity contribution in [3.05, 3.63) is 52.0 Å². The molecule has 0 amide bonds. The number of benzene rings is 2. The molecule has 0 aliphatic carbocycles. The van der Waals surface area contributed by atoms with E-state index in [9.17, 15) is 4.79 Å². The van der Waals surface area contributed by atoms with Crippen LogP contribution in [-0.4, -0.2) is 20.5 Å². The minimum absolute atomic E-state index is 0.368. The maximum atomic E-state index is 10.9. The maximum Gasteiger partial charge on any atom is 0.203 e. The molecule has 0 aliphatic heterocycles. The fourth-order valence-electron chi connectivity index (χ4n) is 1.89. The van der Waals surface area contributed by atoms with Crippen LogP contribution in [0.5, 0.6) is 17.2 Å². The van der Waals surface area contributed by atoms with E-state index in [1.165, 1.54) is 14.2 Å². The molecule has 2 aromatic rings. The number of rotatable bonds is 6. The van der Waals surface area contributed by atoms with Gasteiger partial charge in [0.15, 0.2) is 11.5 Å². The van der Waals surface area contributed by atoms with Crippen LogP contribution in [0.25, 0.3) is 0 Å². The van der Waals surface area contributed by atoms with Gasteiger partial charge in [-0.3, -0.25) is 4.79 Å². The van der Waals surface area contributed by atoms with Gasteiger partial charge in [0.05, 0.1) is 14.2 Å². The van der Waals surface area contributed by atoms with Crippen LogP contribution >= 0.6 is 15.9 Å². The van der Waals surface area contributed by atoms with Crippen molar-refractivity contribution < 1.29 is 19.0 Å². The standard InChI is InChI=1S/C16H15BrO4/c1-19-14-7-12(9-18)8-15(20-2)16(14)21-10-11-4-3-5-13(17)6-11/h3-9H,10H2,1-2H3. The largest absolute Gasteiger partial charge is 0.493 e. The molecule has 0 heterocycles. The van der Waals surface area contributed by atoms with Gasteiger partial charge in [0.2, 0.25) is 5.75 Å². The molecule has 0 radical (unpaired) electrons. The summed E-state index contributed by atoms with van der Waals surface area (Å²) in [7, 11) is 3.05. The molecule has 0 aliphatic rings. The van der Waals surface area contributed by atoms with Crippen LogP contribution in [0.15, 0.2) is 40.9 Å². The van der Waals surface area contributed by atoms with E-state index in [1.807, 2.05) is 24.3 Å². The highest BCUT2D eigenvalue weighted by Gasteiger charge is 2.14. The summed E-state index contributed by atoms with van der Waals surface area (Å²) < 4.78 is 17.3. The van der Waals surface area contributed by atoms with Crippen LogP contribution in [0.4, 0.5) is 0 Å². The summed E-state index contributed by atoms with van der Waals surface area (Å²) in [5.74, 6) is 1.41. The van der Waals surface area contributed by atoms with E-state index in [1.54, 1.807) is 12.1 Å². The Morgan fingerprint density at radius 3 is 2.29 bits per heavy atom. The molecule has 0 aromatic heterocycles. The van der Waals surface area contributed by atoms with Crippen LogP contribution in [0, 0.1) is 0 Å². The lowest BCUT2D eigenvalue weighted by atomic mass is 10.2. The number of methoxy groups -OCH3 is 2. The van der Waals surface area contributed by atoms with E-state index >= 15 is 0 Å². The first-order valence-corrected chi connectivity index (χ1v) is 7.05. The van der Waals surface area contributed by atoms with Crippen LogP contribution < -0.4 is 14.2 Å². The van der Waals surface area contributed by atoms with E-state index in [4.69, 9.17) is 14.2 Å². The zero-order valence-electron chi connectivity index (χ0n) is 11.8. The normalized spacial score (nSPS) is 10.0. The second-order valence-electron chi connectivity index (χ2n) is 4.29. The van der Waals surface area contributed by atoms with Crippen LogP contribution in [-0.2, 0) is 6.61 Å². The van der Waals surface area contributed by atoms with Gasteiger partial charge in [-0.05, 0) is 29.8 Å². The summed E-state index contributed by atoms with van der Waals surface area (Å²) >= 11 is 3.42. The average Bonchev–Trinajstić information content (AvgIpc) is 2.52. The Labute approximate surface area is 131 Å². The molecular weight excluding hydrogens is 336 g/mol. The third-order valence-corrected chi connectivity index (χ3v) is 3.38. The molecule has 21 heavy (non-hydrogen) atoms. The number of ether oxygens (including phenoxy) is 3. The summed E-state index contributed by atoms with van der Waals surface area (Å²) in [5.41, 5.74) is 1.48. The molecule has 0 N–H and O–H groups in total. The highest BCUT2D eigenvalue weighted by molar-refractivity contribution is 9.10. The first-order valence-electron chi connectivity index (χ1n) is 6.26. The molecule has 110 valence electrons. The molecule has 0 saturated carbocycles. The molecule has 0 bridgehead atoms. The Hall–Kier alpha value is -2.01. The predicted octanol–water partition coefficient (Wildman–Crippen LogP) is 3.86. The van der Waals surface area contributed by atoms with Gasteiger partial charge in [-0.25, -0.2) is 0 Å². The molecule has 4 nitrogen and oxygen atoms in total. The highest BCUT2D eigenvalue weighted by Crippen LogP contribution is 2.38. The van der Waals surface area contributed by atoms with Crippen molar-refractivity contribution in [3.63, 3.8) is 0 Å². The van der Waals surface area contributed by atoms with Crippen LogP contribution in [0.3, 0.4) is 0 Å². The molecule has 0 saturated heterocycles. The number of hydrogen-bond donors (Lipinski definition) is 0. The first kappa shape index (κ1) is 15.4. The second-order valence-corrected chi connectivity index (χ2v) is 5.21. The Morgan fingerprint density at radius 2 is 1.76 bits per heavy atom. The van der Waals surface area contributed by atoms with Gasteiger partial charge in [-0.2, -0.15) is 0 Å². The second kappa shape index (κ2) is 7.13. The van der Waals surface area contributed by atoms with Crippen molar-refractivity contribution in [2.24, 2.45) is 0 Å². The summed E-state index contributed by atoms with van der Waals surface area (Å²) in [6.45, 7) is 0.368. The number of carbonyl (C=O) groups is 1. The zero-order valence-corrected chi connectivity index (χ0v) is 13.3. The van der Waals surface area contributed by atoms with E-state index in [2.05, 4.69) is 15.9 Å². The number of halogens is 1. The lowest BCUT2D eigenvalue weighted by Crippen LogP contribution is -2.01. The van der Waals surface area contributed by atoms with Gasteiger partial charge < -0.3 is 14.2 Å². The van der Waals surface area contributed by atoms with Crippen LogP contribution in [0.2, 0.25) is 0 Å². The number of carbonyl (C=O) groups excluding carboxylic acids is 1. The van der Waals surface area contributed by atoms with Gasteiger partial charge in [0.1, 0.15) is 12.9 Å². The molecule has 0 spiro atoms. The van der Waals surface area contributed by atoms with Gasteiger partial charge >= 0.3 is 0 Å². The third kappa shape index (κ3) is 3.76. The fraction of sp³-hybridized carbons (Fsp3) is 0.188. The Morgan fingerprint density at radius 1 is 1.10 bits per heavy atom. The summed E-state index contributed by atoms with van der Waals surface area (Å²) in [4.78, 5) is 10.9. The average molecular weight is 351 g/mol. The predicted molar refractivity (Wildman–Crippen MR) is 83.4 cm³/mol. The van der Waals surface area contributed by atoms with Crippen molar-refractivity contribution in [1.82, 2.24) is 0 Å². The fourth-order valence-corrected chi connectivity index (χ4v) is 2.34. The van der Waals surface area contributed by atoms with Crippen molar-refractivity contribution in [3.8, 4) is 17.2 Å². The Balaban J connectivity index is 2.28. The minimum Gasteiger partial charge on any atom is -0.493 e. The molecule has 0 fully saturated rings. The first-order chi connectivity index (χ1) is 10.2. The van der Waals surface area contributed by atoms with Gasteiger partial charge in [-0.1, -0.05) is 28.1 Å². The molecule has 0 unspecified atom stereocenters. The maximum absolute atomic E-state index is 10.9. The monoisotopic (exact) mass is 350 g/mol. The SMILES string of the molecule is COc1cc(C=O)cc(OC)c1OCc1cccc(Br)c1. The van der Waals surface area contributed by atoms with Crippen molar-refractivity contribution >= 4 is 22.2 Å². The third-order valence-electron chi connectivity index (χ3n) is 2.89. The van der Waals surface area contributed by atoms with Crippen molar-refractivity contribution in [1.29, 1.82) is 0 Å². The van der Waals surface area contributed by atoms with Gasteiger partial charge in [0, 0.05) is 10.0 Å². The lowest BCUT2D eigenvalue weighted by Gasteiger charge is -2.15. The van der Waals surface area contributed by atoms with E-state index in [0.717, 1.165) is 16.3 Å². The van der Waals surface area contributed by atoms with Crippen molar-refractivity contribution in [2.75, 3.05) is 14.2 Å².